The number of carbonyl (C=O) groups is 4. The molecular weight excluding hydrogens is 280 g/mol. The van der Waals surface area contributed by atoms with E-state index in [1.807, 2.05) is 0 Å². The first-order valence-electron chi connectivity index (χ1n) is 6.60. The lowest BCUT2D eigenvalue weighted by Crippen LogP contribution is -2.31. The molecule has 116 valence electrons. The van der Waals surface area contributed by atoms with Gasteiger partial charge in [-0.25, -0.2) is 0 Å². The van der Waals surface area contributed by atoms with Crippen molar-refractivity contribution < 1.29 is 29.0 Å². The summed E-state index contributed by atoms with van der Waals surface area (Å²) in [5.41, 5.74) is 0. The zero-order valence-corrected chi connectivity index (χ0v) is 11.5. The molecule has 2 N–H and O–H groups in total. The fourth-order valence-electron chi connectivity index (χ4n) is 1.64. The molecule has 0 saturated carbocycles. The lowest BCUT2D eigenvalue weighted by molar-refractivity contribution is -0.140. The van der Waals surface area contributed by atoms with E-state index in [0.29, 0.717) is 13.2 Å². The van der Waals surface area contributed by atoms with E-state index >= 15 is 0 Å². The van der Waals surface area contributed by atoms with E-state index < -0.39 is 17.8 Å². The topological polar surface area (TPSA) is 113 Å². The highest BCUT2D eigenvalue weighted by Crippen LogP contribution is 2.03. The van der Waals surface area contributed by atoms with Crippen molar-refractivity contribution in [2.45, 2.75) is 25.7 Å². The van der Waals surface area contributed by atoms with Crippen molar-refractivity contribution >= 4 is 23.7 Å². The monoisotopic (exact) mass is 298 g/mol. The van der Waals surface area contributed by atoms with Crippen LogP contribution in [0.1, 0.15) is 25.7 Å². The van der Waals surface area contributed by atoms with Crippen LogP contribution in [0.15, 0.2) is 12.2 Å². The maximum atomic E-state index is 10.8. The molecular formula is C13H18N2O6. The number of hydrogen-bond acceptors (Lipinski definition) is 5. The van der Waals surface area contributed by atoms with Gasteiger partial charge in [-0.15, -0.1) is 0 Å². The minimum absolute atomic E-state index is 0.0556. The summed E-state index contributed by atoms with van der Waals surface area (Å²) in [6.45, 7) is 1.11. The van der Waals surface area contributed by atoms with Crippen molar-refractivity contribution in [3.63, 3.8) is 0 Å². The molecule has 3 amide bonds. The van der Waals surface area contributed by atoms with Gasteiger partial charge in [-0.2, -0.15) is 0 Å². The lowest BCUT2D eigenvalue weighted by Gasteiger charge is -2.10. The molecule has 0 aromatic heterocycles. The average molecular weight is 298 g/mol. The van der Waals surface area contributed by atoms with Gasteiger partial charge in [-0.3, -0.25) is 24.1 Å². The zero-order chi connectivity index (χ0) is 15.7. The number of nitrogens with one attached hydrogen (secondary N) is 1. The van der Waals surface area contributed by atoms with Gasteiger partial charge in [-0.05, 0) is 12.8 Å². The first kappa shape index (κ1) is 16.8. The summed E-state index contributed by atoms with van der Waals surface area (Å²) in [5.74, 6) is -1.81. The van der Waals surface area contributed by atoms with Gasteiger partial charge in [-0.1, -0.05) is 0 Å². The van der Waals surface area contributed by atoms with Gasteiger partial charge < -0.3 is 15.2 Å². The number of carbonyl (C=O) groups excluding carboxylic acids is 3. The van der Waals surface area contributed by atoms with Crippen LogP contribution in [0, 0.1) is 0 Å². The minimum atomic E-state index is -1.03. The second kappa shape index (κ2) is 8.85. The Bertz CT molecular complexity index is 418. The molecule has 0 bridgehead atoms. The maximum Gasteiger partial charge on any atom is 0.305 e. The van der Waals surface area contributed by atoms with Gasteiger partial charge in [0.25, 0.3) is 11.8 Å². The molecule has 0 aromatic rings. The number of ether oxygens (including phenoxy) is 1. The smallest absolute Gasteiger partial charge is 0.305 e. The van der Waals surface area contributed by atoms with Crippen LogP contribution in [0.4, 0.5) is 0 Å². The van der Waals surface area contributed by atoms with E-state index in [-0.39, 0.29) is 18.9 Å². The summed E-state index contributed by atoms with van der Waals surface area (Å²) in [6.07, 6.45) is 4.66. The summed E-state index contributed by atoms with van der Waals surface area (Å²) >= 11 is 0. The van der Waals surface area contributed by atoms with E-state index in [2.05, 4.69) is 5.32 Å². The van der Waals surface area contributed by atoms with Crippen molar-refractivity contribution in [3.8, 4) is 0 Å². The quantitative estimate of drug-likeness (QED) is 0.688. The summed E-state index contributed by atoms with van der Waals surface area (Å²) in [7, 11) is 0. The second-order valence-corrected chi connectivity index (χ2v) is 4.41. The van der Waals surface area contributed by atoms with E-state index in [1.165, 1.54) is 0 Å². The van der Waals surface area contributed by atoms with Gasteiger partial charge in [0.15, 0.2) is 0 Å². The fourth-order valence-corrected chi connectivity index (χ4v) is 1.64. The number of carboxylic acids is 1. The maximum absolute atomic E-state index is 10.8. The first-order valence-corrected chi connectivity index (χ1v) is 6.60. The molecule has 1 fully saturated rings. The Morgan fingerprint density at radius 2 is 1.90 bits per heavy atom. The summed E-state index contributed by atoms with van der Waals surface area (Å²) in [6, 6.07) is 0. The number of aliphatic carboxylic acids is 1. The third-order valence-electron chi connectivity index (χ3n) is 2.76. The van der Waals surface area contributed by atoms with E-state index in [4.69, 9.17) is 9.84 Å². The summed E-state index contributed by atoms with van der Waals surface area (Å²) in [5, 5.41) is 10.9. The Kier molecular flexibility index (Phi) is 7.10. The van der Waals surface area contributed by atoms with Gasteiger partial charge in [0, 0.05) is 31.7 Å². The molecule has 21 heavy (non-hydrogen) atoms. The van der Waals surface area contributed by atoms with Crippen LogP contribution in [-0.2, 0) is 23.9 Å². The summed E-state index contributed by atoms with van der Waals surface area (Å²) in [4.78, 5) is 43.3. The van der Waals surface area contributed by atoms with Crippen LogP contribution in [0.3, 0.4) is 0 Å². The molecule has 0 radical (unpaired) electrons. The number of nitrogens with zero attached hydrogens (tertiary/aromatic N) is 1. The SMILES string of the molecule is O=C(O)CCN1C(=O)C=CC1=O.O=C1CCCCOCN1. The van der Waals surface area contributed by atoms with E-state index in [9.17, 15) is 19.2 Å². The number of hydrogen-bond donors (Lipinski definition) is 2. The summed E-state index contributed by atoms with van der Waals surface area (Å²) < 4.78 is 5.01. The molecule has 8 nitrogen and oxygen atoms in total. The van der Waals surface area contributed by atoms with Gasteiger partial charge in [0.1, 0.15) is 6.73 Å². The third kappa shape index (κ3) is 6.66. The van der Waals surface area contributed by atoms with Crippen molar-refractivity contribution in [2.24, 2.45) is 0 Å². The highest BCUT2D eigenvalue weighted by Gasteiger charge is 2.23. The van der Waals surface area contributed by atoms with Crippen LogP contribution in [0.2, 0.25) is 0 Å². The minimum Gasteiger partial charge on any atom is -0.481 e. The molecule has 2 aliphatic rings. The van der Waals surface area contributed by atoms with Crippen molar-refractivity contribution in [3.05, 3.63) is 12.2 Å². The largest absolute Gasteiger partial charge is 0.481 e. The van der Waals surface area contributed by atoms with Crippen LogP contribution >= 0.6 is 0 Å². The number of imide groups is 1. The average Bonchev–Trinajstić information content (AvgIpc) is 2.72. The molecule has 0 aliphatic carbocycles. The van der Waals surface area contributed by atoms with E-state index in [0.717, 1.165) is 36.5 Å². The molecule has 0 atom stereocenters. The molecule has 8 heteroatoms. The Labute approximate surface area is 121 Å². The predicted octanol–water partition coefficient (Wildman–Crippen LogP) is -0.353. The van der Waals surface area contributed by atoms with Crippen molar-refractivity contribution in [1.82, 2.24) is 10.2 Å². The number of rotatable bonds is 3. The van der Waals surface area contributed by atoms with Crippen LogP contribution in [-0.4, -0.2) is 53.6 Å². The molecule has 2 aliphatic heterocycles. The van der Waals surface area contributed by atoms with Crippen LogP contribution < -0.4 is 5.32 Å². The molecule has 0 aromatic carbocycles. The van der Waals surface area contributed by atoms with Crippen LogP contribution in [0.5, 0.6) is 0 Å². The van der Waals surface area contributed by atoms with Gasteiger partial charge >= 0.3 is 5.97 Å². The van der Waals surface area contributed by atoms with Gasteiger partial charge in [0.05, 0.1) is 6.42 Å². The molecule has 2 rings (SSSR count). The van der Waals surface area contributed by atoms with Gasteiger partial charge in [0.2, 0.25) is 5.91 Å². The first-order chi connectivity index (χ1) is 10.0. The van der Waals surface area contributed by atoms with E-state index in [1.54, 1.807) is 0 Å². The fraction of sp³-hybridized carbons (Fsp3) is 0.538. The van der Waals surface area contributed by atoms with Crippen molar-refractivity contribution in [1.29, 1.82) is 0 Å². The van der Waals surface area contributed by atoms with Crippen LogP contribution in [0.25, 0.3) is 0 Å². The Hall–Kier alpha value is -2.22. The number of amides is 3. The second-order valence-electron chi connectivity index (χ2n) is 4.41. The predicted molar refractivity (Wildman–Crippen MR) is 70.9 cm³/mol. The standard InChI is InChI=1S/C7H7NO4.C6H11NO2/c9-5-1-2-6(10)8(5)4-3-7(11)12;8-6-3-1-2-4-9-5-7-6/h1-2H,3-4H2,(H,11,12);1-5H2,(H,7,8). The molecule has 0 unspecified atom stereocenters. The Balaban J connectivity index is 0.000000219. The highest BCUT2D eigenvalue weighted by molar-refractivity contribution is 6.12. The molecule has 1 saturated heterocycles. The number of carboxylic acid groups (broad SMARTS) is 1. The normalized spacial score (nSPS) is 18.5. The Morgan fingerprint density at radius 1 is 1.24 bits per heavy atom. The molecule has 2 heterocycles. The highest BCUT2D eigenvalue weighted by atomic mass is 16.5. The lowest BCUT2D eigenvalue weighted by atomic mass is 10.2. The van der Waals surface area contributed by atoms with Crippen molar-refractivity contribution in [2.75, 3.05) is 19.9 Å². The zero-order valence-electron chi connectivity index (χ0n) is 11.5. The molecule has 0 spiro atoms. The Morgan fingerprint density at radius 3 is 2.52 bits per heavy atom. The third-order valence-corrected chi connectivity index (χ3v) is 2.76.